The predicted molar refractivity (Wildman–Crippen MR) is 532 cm³/mol. The van der Waals surface area contributed by atoms with E-state index >= 15 is 0 Å². The standard InChI is InChI=1S/C28H34N4O3.3C27H32N4O4/c1-5-28(6-2)15-23(33)32(26(29)31-28)21-14-17-11-12-18(13-20(17)21)25(34)30-24-19-9-7-8-10-22(19)35-16-27(24,3)4;1-25(2)14-20(32)31(24(28)30-25)22-18-12-15(10-11-19(18)35-26(22,3)4)23(33)29-21-17-9-7-6-8-16(17)13-27(21,5)34;1-15-11-20(31-22(32)13-26(2,3)30-25(31)28)19-12-16(9-10-17(15)19)24(33)29-23-18-7-5-6-8-21(18)35-14-27(23,4)34;1-26(2)15-23(32)31(25(28)30-26)20-11-12-34-21-10-9-16(13-18(20)21)24(33)29-19-14-27(3,4)35-22-8-6-5-7-17(19)22/h7-13,21,24H,5-6,14-16H2,1-4H3,(H2,29,31)(H,30,34);6-12,21-22,34H,13-14H2,1-5H3,(H2,28,30)(H,29,33);5-10,12,15,20,23,34H,11,13-14H2,1-4H3,(H2,28,30)(H,29,33);5-10,13,19-20H,11-12,14-15H2,1-4H3,(H2,28,30)(H,29,33)/t21?,24-;21-,22?,27-;15-,20-,23-,27-;19-,20+/m1110/s1. The number of guanidine groups is 4. The van der Waals surface area contributed by atoms with Gasteiger partial charge in [-0.05, 0) is 227 Å². The summed E-state index contributed by atoms with van der Waals surface area (Å²) >= 11 is 0. The molecule has 31 nitrogen and oxygen atoms in total. The highest BCUT2D eigenvalue weighted by atomic mass is 16.5. The van der Waals surface area contributed by atoms with E-state index in [0.29, 0.717) is 96.8 Å². The smallest absolute Gasteiger partial charge is 0.251 e. The van der Waals surface area contributed by atoms with E-state index in [4.69, 9.17) is 51.6 Å². The molecule has 8 aromatic carbocycles. The number of hydrogen-bond donors (Lipinski definition) is 10. The maximum Gasteiger partial charge on any atom is 0.251 e. The van der Waals surface area contributed by atoms with E-state index in [1.165, 1.54) is 4.90 Å². The van der Waals surface area contributed by atoms with E-state index in [9.17, 15) is 48.6 Å². The average Bonchev–Trinajstić information content (AvgIpc) is 1.61. The molecule has 9 aliphatic heterocycles. The first-order valence-electron chi connectivity index (χ1n) is 48.5. The number of nitrogens with two attached hydrogens (primary N) is 4. The van der Waals surface area contributed by atoms with Gasteiger partial charge in [0.05, 0.1) is 109 Å². The summed E-state index contributed by atoms with van der Waals surface area (Å²) < 4.78 is 29.7. The number of carbonyl (C=O) groups is 8. The SMILES string of the molecule is CC1(C)CC(=O)N(C2c3cc(C(=O)N[C@@H]4c5ccccc5C[C@@]4(C)O)ccc3OC2(C)C)C(N)=N1.CC1(C)CC(=O)N([C@@H]2CCOc3ccc(C(=O)N[C@H]4CC(C)(C)Oc5ccccc54)cc32)C(N)=N1.CCC1(CC)CC(=O)N(C2Cc3ccc(C(=O)N[C@@H]4c5ccccc5OCC4(C)C)cc32)C(N)=N1.C[C@@H]1C[C@@H](N2C(=O)CC(C)(C)N=C2N)c2cc(C(=O)N[C@@H]3c4ccccc4OC[C@@]3(C)O)ccc21. The Bertz CT molecular complexity index is 6460. The van der Waals surface area contributed by atoms with Gasteiger partial charge in [0.2, 0.25) is 23.6 Å². The molecule has 0 bridgehead atoms. The van der Waals surface area contributed by atoms with Crippen LogP contribution >= 0.6 is 0 Å². The summed E-state index contributed by atoms with van der Waals surface area (Å²) in [6, 6.07) is 49.8. The fraction of sp³-hybridized carbons (Fsp3) is 0.450. The minimum atomic E-state index is -1.27. The number of aliphatic imine (C=N–C) groups is 4. The molecule has 2 unspecified atom stereocenters. The minimum absolute atomic E-state index is 0.00673. The van der Waals surface area contributed by atoms with Crippen molar-refractivity contribution < 1.29 is 72.3 Å². The molecule has 0 aromatic heterocycles. The van der Waals surface area contributed by atoms with Gasteiger partial charge in [-0.25, -0.2) is 20.0 Å². The van der Waals surface area contributed by atoms with Crippen molar-refractivity contribution >= 4 is 71.1 Å². The third-order valence-corrected chi connectivity index (χ3v) is 29.3. The van der Waals surface area contributed by atoms with E-state index in [0.717, 1.165) is 80.0 Å². The molecule has 8 aromatic rings. The van der Waals surface area contributed by atoms with Crippen LogP contribution in [-0.4, -0.2) is 165 Å². The zero-order chi connectivity index (χ0) is 100. The summed E-state index contributed by atoms with van der Waals surface area (Å²) in [5.74, 6) is 3.36. The molecule has 11 atom stereocenters. The molecule has 0 saturated heterocycles. The lowest BCUT2D eigenvalue weighted by atomic mass is 9.78. The van der Waals surface area contributed by atoms with Gasteiger partial charge in [-0.2, -0.15) is 0 Å². The van der Waals surface area contributed by atoms with Crippen LogP contribution in [0.4, 0.5) is 0 Å². The van der Waals surface area contributed by atoms with Crippen molar-refractivity contribution in [2.45, 2.75) is 287 Å². The van der Waals surface area contributed by atoms with E-state index in [1.54, 1.807) is 64.9 Å². The number of amides is 8. The summed E-state index contributed by atoms with van der Waals surface area (Å²) in [4.78, 5) is 131. The Labute approximate surface area is 817 Å². The largest absolute Gasteiger partial charge is 0.493 e. The lowest BCUT2D eigenvalue weighted by Crippen LogP contribution is -2.55. The van der Waals surface area contributed by atoms with Crippen LogP contribution in [0, 0.1) is 5.41 Å². The Balaban J connectivity index is 0.000000129. The highest BCUT2D eigenvalue weighted by Gasteiger charge is 2.53. The van der Waals surface area contributed by atoms with Crippen molar-refractivity contribution in [1.29, 1.82) is 0 Å². The van der Waals surface area contributed by atoms with Crippen molar-refractivity contribution in [2.75, 3.05) is 19.8 Å². The van der Waals surface area contributed by atoms with E-state index in [-0.39, 0.29) is 139 Å². The fourth-order valence-electron chi connectivity index (χ4n) is 22.1. The topological polar surface area (TPSA) is 438 Å². The number of hydrogen-bond acceptors (Lipinski definition) is 23. The minimum Gasteiger partial charge on any atom is -0.493 e. The summed E-state index contributed by atoms with van der Waals surface area (Å²) in [5, 5.41) is 34.4. The highest BCUT2D eigenvalue weighted by Crippen LogP contribution is 2.53. The monoisotopic (exact) mass is 1900 g/mol. The van der Waals surface area contributed by atoms with Gasteiger partial charge in [0.1, 0.15) is 58.2 Å². The van der Waals surface area contributed by atoms with Crippen LogP contribution in [0.5, 0.6) is 28.7 Å². The molecule has 0 saturated carbocycles. The van der Waals surface area contributed by atoms with Gasteiger partial charge in [0.25, 0.3) is 23.6 Å². The van der Waals surface area contributed by atoms with Crippen molar-refractivity contribution in [3.63, 3.8) is 0 Å². The number of benzene rings is 8. The average molecular weight is 1900 g/mol. The van der Waals surface area contributed by atoms with Crippen molar-refractivity contribution in [1.82, 2.24) is 40.9 Å². The number of nitrogens with zero attached hydrogens (tertiary/aromatic N) is 8. The van der Waals surface area contributed by atoms with Crippen molar-refractivity contribution in [3.8, 4) is 28.7 Å². The van der Waals surface area contributed by atoms with Crippen LogP contribution < -0.4 is 67.9 Å². The van der Waals surface area contributed by atoms with Crippen LogP contribution in [-0.2, 0) is 32.0 Å². The molecule has 0 spiro atoms. The third kappa shape index (κ3) is 19.1. The third-order valence-electron chi connectivity index (χ3n) is 29.3. The quantitative estimate of drug-likeness (QED) is 0.0483. The lowest BCUT2D eigenvalue weighted by Gasteiger charge is -2.44. The summed E-state index contributed by atoms with van der Waals surface area (Å²) in [6.45, 7) is 34.0. The first-order chi connectivity index (χ1) is 66.0. The molecule has 140 heavy (non-hydrogen) atoms. The van der Waals surface area contributed by atoms with Crippen molar-refractivity contribution in [2.24, 2.45) is 48.3 Å². The second-order valence-corrected chi connectivity index (χ2v) is 43.5. The van der Waals surface area contributed by atoms with Gasteiger partial charge in [-0.3, -0.25) is 58.0 Å². The fourth-order valence-corrected chi connectivity index (χ4v) is 22.1. The van der Waals surface area contributed by atoms with E-state index in [1.807, 2.05) is 217 Å². The molecular formula is C109H130N16O15. The van der Waals surface area contributed by atoms with Gasteiger partial charge < -0.3 is 78.1 Å². The molecule has 0 radical (unpaired) electrons. The predicted octanol–water partition coefficient (Wildman–Crippen LogP) is 14.3. The Morgan fingerprint density at radius 3 is 1.41 bits per heavy atom. The van der Waals surface area contributed by atoms with Crippen LogP contribution in [0.25, 0.3) is 0 Å². The number of ether oxygens (including phenoxy) is 5. The second-order valence-electron chi connectivity index (χ2n) is 43.5. The van der Waals surface area contributed by atoms with Gasteiger partial charge in [-0.15, -0.1) is 0 Å². The zero-order valence-corrected chi connectivity index (χ0v) is 82.9. The van der Waals surface area contributed by atoms with Gasteiger partial charge in [-0.1, -0.05) is 126 Å². The molecular weight excluding hydrogens is 1770 g/mol. The molecule has 0 fully saturated rings. The summed E-state index contributed by atoms with van der Waals surface area (Å²) in [7, 11) is 0. The van der Waals surface area contributed by atoms with E-state index in [2.05, 4.69) is 57.0 Å². The van der Waals surface area contributed by atoms with Crippen molar-refractivity contribution in [3.05, 3.63) is 253 Å². The number of aliphatic hydroxyl groups is 2. The molecule has 14 N–H and O–H groups in total. The number of nitrogens with one attached hydrogen (secondary N) is 4. The Morgan fingerprint density at radius 2 is 0.836 bits per heavy atom. The summed E-state index contributed by atoms with van der Waals surface area (Å²) in [6.07, 6.45) is 5.83. The maximum absolute atomic E-state index is 13.4. The normalized spacial score (nSPS) is 26.3. The Morgan fingerprint density at radius 1 is 0.400 bits per heavy atom. The van der Waals surface area contributed by atoms with Gasteiger partial charge in [0, 0.05) is 74.7 Å². The molecule has 12 aliphatic rings. The van der Waals surface area contributed by atoms with Crippen LogP contribution in [0.2, 0.25) is 0 Å². The van der Waals surface area contributed by atoms with Crippen LogP contribution in [0.3, 0.4) is 0 Å². The molecule has 31 heteroatoms. The zero-order valence-electron chi connectivity index (χ0n) is 82.9. The number of rotatable bonds is 14. The Hall–Kier alpha value is -13.7. The molecule has 20 rings (SSSR count). The Kier molecular flexibility index (Phi) is 25.5. The number of carbonyl (C=O) groups excluding carboxylic acids is 8. The molecule has 3 aliphatic carbocycles. The number of para-hydroxylation sites is 3. The summed E-state index contributed by atoms with van der Waals surface area (Å²) in [5.41, 5.74) is 31.4. The maximum atomic E-state index is 13.4. The van der Waals surface area contributed by atoms with Gasteiger partial charge >= 0.3 is 0 Å². The van der Waals surface area contributed by atoms with E-state index < -0.39 is 62.7 Å². The number of fused-ring (bicyclic) bond motifs is 8. The molecule has 736 valence electrons. The highest BCUT2D eigenvalue weighted by molar-refractivity contribution is 6.04. The second kappa shape index (κ2) is 36.5. The molecule has 8 amide bonds. The molecule has 9 heterocycles. The first-order valence-corrected chi connectivity index (χ1v) is 48.5. The first kappa shape index (κ1) is 97.9. The van der Waals surface area contributed by atoms with Crippen LogP contribution in [0.15, 0.2) is 190 Å². The lowest BCUT2D eigenvalue weighted by molar-refractivity contribution is -0.134. The van der Waals surface area contributed by atoms with Gasteiger partial charge in [0.15, 0.2) is 23.8 Å². The van der Waals surface area contributed by atoms with Crippen LogP contribution in [0.1, 0.15) is 332 Å².